The smallest absolute Gasteiger partial charge is 0.416 e. The van der Waals surface area contributed by atoms with Gasteiger partial charge >= 0.3 is 6.18 Å². The molecule has 1 rings (SSSR count). The second-order valence-electron chi connectivity index (χ2n) is 4.15. The highest BCUT2D eigenvalue weighted by Crippen LogP contribution is 2.33. The van der Waals surface area contributed by atoms with E-state index in [0.717, 1.165) is 18.2 Å². The van der Waals surface area contributed by atoms with Crippen LogP contribution in [0.15, 0.2) is 24.3 Å². The SMILES string of the molecule is CC(C)Oc1cc(C(F)(F)F)ccc1C=CC(N)=O. The average Bonchev–Trinajstić information content (AvgIpc) is 2.25. The Morgan fingerprint density at radius 2 is 2.00 bits per heavy atom. The molecule has 0 aliphatic heterocycles. The van der Waals surface area contributed by atoms with Crippen LogP contribution in [0.4, 0.5) is 13.2 Å². The third-order valence-electron chi connectivity index (χ3n) is 2.13. The summed E-state index contributed by atoms with van der Waals surface area (Å²) in [5.74, 6) is -0.627. The van der Waals surface area contributed by atoms with Crippen molar-refractivity contribution in [3.63, 3.8) is 0 Å². The minimum absolute atomic E-state index is 0.0577. The van der Waals surface area contributed by atoms with Crippen molar-refractivity contribution in [2.24, 2.45) is 5.73 Å². The number of carbonyl (C=O) groups is 1. The minimum Gasteiger partial charge on any atom is -0.490 e. The Labute approximate surface area is 108 Å². The van der Waals surface area contributed by atoms with Crippen LogP contribution in [0.3, 0.4) is 0 Å². The van der Waals surface area contributed by atoms with Gasteiger partial charge in [0.25, 0.3) is 0 Å². The molecule has 1 aromatic carbocycles. The number of hydrogen-bond acceptors (Lipinski definition) is 2. The van der Waals surface area contributed by atoms with Crippen LogP contribution in [-0.2, 0) is 11.0 Å². The molecule has 0 saturated carbocycles. The Morgan fingerprint density at radius 3 is 2.47 bits per heavy atom. The Hall–Kier alpha value is -1.98. The number of alkyl halides is 3. The summed E-state index contributed by atoms with van der Waals surface area (Å²) in [6, 6.07) is 3.06. The molecule has 3 nitrogen and oxygen atoms in total. The van der Waals surface area contributed by atoms with E-state index in [2.05, 4.69) is 0 Å². The molecule has 0 aliphatic carbocycles. The first-order chi connectivity index (χ1) is 8.70. The fraction of sp³-hybridized carbons (Fsp3) is 0.308. The third-order valence-corrected chi connectivity index (χ3v) is 2.13. The van der Waals surface area contributed by atoms with Gasteiger partial charge in [0, 0.05) is 11.6 Å². The lowest BCUT2D eigenvalue weighted by atomic mass is 10.1. The highest BCUT2D eigenvalue weighted by atomic mass is 19.4. The van der Waals surface area contributed by atoms with Crippen molar-refractivity contribution in [3.8, 4) is 5.75 Å². The highest BCUT2D eigenvalue weighted by Gasteiger charge is 2.31. The zero-order valence-electron chi connectivity index (χ0n) is 10.5. The molecule has 1 amide bonds. The number of halogens is 3. The summed E-state index contributed by atoms with van der Waals surface area (Å²) in [5.41, 5.74) is 4.50. The van der Waals surface area contributed by atoms with Gasteiger partial charge in [-0.05, 0) is 32.1 Å². The number of nitrogens with two attached hydrogens (primary N) is 1. The first kappa shape index (κ1) is 15.1. The molecule has 0 fully saturated rings. The maximum atomic E-state index is 12.6. The molecule has 0 aliphatic rings. The quantitative estimate of drug-likeness (QED) is 0.857. The molecule has 0 aromatic heterocycles. The number of amides is 1. The molecule has 0 heterocycles. The third kappa shape index (κ3) is 4.65. The molecule has 0 bridgehead atoms. The number of carbonyl (C=O) groups excluding carboxylic acids is 1. The van der Waals surface area contributed by atoms with Crippen molar-refractivity contribution in [3.05, 3.63) is 35.4 Å². The molecule has 0 atom stereocenters. The Balaban J connectivity index is 3.20. The summed E-state index contributed by atoms with van der Waals surface area (Å²) < 4.78 is 43.1. The number of hydrogen-bond donors (Lipinski definition) is 1. The van der Waals surface area contributed by atoms with E-state index in [9.17, 15) is 18.0 Å². The van der Waals surface area contributed by atoms with Gasteiger partial charge in [-0.3, -0.25) is 4.79 Å². The molecule has 0 saturated heterocycles. The van der Waals surface area contributed by atoms with E-state index < -0.39 is 17.6 Å². The van der Waals surface area contributed by atoms with Crippen molar-refractivity contribution >= 4 is 12.0 Å². The lowest BCUT2D eigenvalue weighted by Crippen LogP contribution is -2.10. The molecule has 1 aromatic rings. The minimum atomic E-state index is -4.44. The van der Waals surface area contributed by atoms with E-state index in [0.29, 0.717) is 5.56 Å². The van der Waals surface area contributed by atoms with Gasteiger partial charge in [-0.2, -0.15) is 13.2 Å². The van der Waals surface area contributed by atoms with Crippen molar-refractivity contribution in [2.45, 2.75) is 26.1 Å². The van der Waals surface area contributed by atoms with Crippen LogP contribution in [0.5, 0.6) is 5.75 Å². The van der Waals surface area contributed by atoms with Crippen LogP contribution in [0, 0.1) is 0 Å². The van der Waals surface area contributed by atoms with Gasteiger partial charge in [-0.15, -0.1) is 0 Å². The molecular weight excluding hydrogens is 259 g/mol. The van der Waals surface area contributed by atoms with Gasteiger partial charge in [0.15, 0.2) is 0 Å². The number of ether oxygens (including phenoxy) is 1. The van der Waals surface area contributed by atoms with Gasteiger partial charge < -0.3 is 10.5 Å². The maximum Gasteiger partial charge on any atom is 0.416 e. The summed E-state index contributed by atoms with van der Waals surface area (Å²) in [6.45, 7) is 3.39. The normalized spacial score (nSPS) is 12.1. The van der Waals surface area contributed by atoms with Gasteiger partial charge in [0.2, 0.25) is 5.91 Å². The standard InChI is InChI=1S/C13H14F3NO2/c1-8(2)19-11-7-10(13(14,15)16)5-3-9(11)4-6-12(17)18/h3-8H,1-2H3,(H2,17,18). The lowest BCUT2D eigenvalue weighted by Gasteiger charge is -2.15. The largest absolute Gasteiger partial charge is 0.490 e. The van der Waals surface area contributed by atoms with Crippen molar-refractivity contribution < 1.29 is 22.7 Å². The van der Waals surface area contributed by atoms with Crippen molar-refractivity contribution in [1.29, 1.82) is 0 Å². The summed E-state index contributed by atoms with van der Waals surface area (Å²) in [6.07, 6.45) is -2.35. The molecular formula is C13H14F3NO2. The number of benzene rings is 1. The monoisotopic (exact) mass is 273 g/mol. The fourth-order valence-corrected chi connectivity index (χ4v) is 1.38. The highest BCUT2D eigenvalue weighted by molar-refractivity contribution is 5.90. The summed E-state index contributed by atoms with van der Waals surface area (Å²) in [4.78, 5) is 10.6. The second-order valence-corrected chi connectivity index (χ2v) is 4.15. The topological polar surface area (TPSA) is 52.3 Å². The van der Waals surface area contributed by atoms with Gasteiger partial charge in [0.1, 0.15) is 5.75 Å². The van der Waals surface area contributed by atoms with E-state index in [1.807, 2.05) is 0 Å². The lowest BCUT2D eigenvalue weighted by molar-refractivity contribution is -0.137. The first-order valence-electron chi connectivity index (χ1n) is 5.55. The van der Waals surface area contributed by atoms with E-state index in [4.69, 9.17) is 10.5 Å². The summed E-state index contributed by atoms with van der Waals surface area (Å²) in [5, 5.41) is 0. The Bertz CT molecular complexity index is 493. The molecule has 0 spiro atoms. The van der Waals surface area contributed by atoms with Gasteiger partial charge in [0.05, 0.1) is 11.7 Å². The fourth-order valence-electron chi connectivity index (χ4n) is 1.38. The molecule has 0 unspecified atom stereocenters. The van der Waals surface area contributed by atoms with Crippen LogP contribution >= 0.6 is 0 Å². The van der Waals surface area contributed by atoms with E-state index in [-0.39, 0.29) is 11.9 Å². The van der Waals surface area contributed by atoms with E-state index in [1.54, 1.807) is 13.8 Å². The maximum absolute atomic E-state index is 12.6. The van der Waals surface area contributed by atoms with E-state index >= 15 is 0 Å². The average molecular weight is 273 g/mol. The second kappa shape index (κ2) is 5.77. The molecule has 2 N–H and O–H groups in total. The molecule has 6 heteroatoms. The number of rotatable bonds is 4. The van der Waals surface area contributed by atoms with Crippen LogP contribution in [0.2, 0.25) is 0 Å². The predicted molar refractivity (Wildman–Crippen MR) is 65.4 cm³/mol. The summed E-state index contributed by atoms with van der Waals surface area (Å²) in [7, 11) is 0. The van der Waals surface area contributed by atoms with Crippen LogP contribution in [-0.4, -0.2) is 12.0 Å². The van der Waals surface area contributed by atoms with E-state index in [1.165, 1.54) is 12.1 Å². The van der Waals surface area contributed by atoms with Gasteiger partial charge in [-0.1, -0.05) is 6.07 Å². The first-order valence-corrected chi connectivity index (χ1v) is 5.55. The molecule has 19 heavy (non-hydrogen) atoms. The van der Waals surface area contributed by atoms with Crippen LogP contribution in [0.1, 0.15) is 25.0 Å². The molecule has 0 radical (unpaired) electrons. The van der Waals surface area contributed by atoms with Crippen LogP contribution < -0.4 is 10.5 Å². The Kier molecular flexibility index (Phi) is 4.58. The van der Waals surface area contributed by atoms with Crippen LogP contribution in [0.25, 0.3) is 6.08 Å². The summed E-state index contributed by atoms with van der Waals surface area (Å²) >= 11 is 0. The number of primary amides is 1. The zero-order chi connectivity index (χ0) is 14.6. The van der Waals surface area contributed by atoms with Crippen molar-refractivity contribution in [1.82, 2.24) is 0 Å². The van der Waals surface area contributed by atoms with Crippen molar-refractivity contribution in [2.75, 3.05) is 0 Å². The zero-order valence-corrected chi connectivity index (χ0v) is 10.5. The Morgan fingerprint density at radius 1 is 1.37 bits per heavy atom. The molecule has 104 valence electrons. The predicted octanol–water partition coefficient (Wildman–Crippen LogP) is 2.99. The van der Waals surface area contributed by atoms with Gasteiger partial charge in [-0.25, -0.2) is 0 Å².